The third-order valence-corrected chi connectivity index (χ3v) is 4.12. The predicted molar refractivity (Wildman–Crippen MR) is 81.7 cm³/mol. The second-order valence-electron chi connectivity index (χ2n) is 5.83. The Morgan fingerprint density at radius 1 is 1.24 bits per heavy atom. The van der Waals surface area contributed by atoms with E-state index in [1.54, 1.807) is 7.11 Å². The molecule has 21 heavy (non-hydrogen) atoms. The average Bonchev–Trinajstić information content (AvgIpc) is 2.47. The van der Waals surface area contributed by atoms with Crippen molar-refractivity contribution in [3.8, 4) is 11.5 Å². The normalized spacial score (nSPS) is 24.1. The van der Waals surface area contributed by atoms with Gasteiger partial charge >= 0.3 is 0 Å². The van der Waals surface area contributed by atoms with Crippen LogP contribution in [0, 0.1) is 6.92 Å². The van der Waals surface area contributed by atoms with Crippen molar-refractivity contribution in [3.05, 3.63) is 59.2 Å². The Hall–Kier alpha value is -2.00. The number of hydrogen-bond donors (Lipinski definition) is 1. The minimum atomic E-state index is -0.561. The zero-order valence-electron chi connectivity index (χ0n) is 12.6. The summed E-state index contributed by atoms with van der Waals surface area (Å²) in [5, 5.41) is 10.5. The van der Waals surface area contributed by atoms with E-state index in [9.17, 15) is 5.11 Å². The van der Waals surface area contributed by atoms with Gasteiger partial charge in [0.25, 0.3) is 0 Å². The van der Waals surface area contributed by atoms with Crippen LogP contribution in [0.4, 0.5) is 0 Å². The SMILES string of the molecule is COc1ccc2c(c1)[C@H](O)CC(C)(c1cccc(C)c1)O2. The fraction of sp³-hybridized carbons (Fsp3) is 0.333. The predicted octanol–water partition coefficient (Wildman–Crippen LogP) is 3.73. The lowest BCUT2D eigenvalue weighted by atomic mass is 9.84. The van der Waals surface area contributed by atoms with Crippen molar-refractivity contribution in [2.45, 2.75) is 32.0 Å². The Kier molecular flexibility index (Phi) is 3.38. The van der Waals surface area contributed by atoms with E-state index >= 15 is 0 Å². The molecule has 1 N–H and O–H groups in total. The topological polar surface area (TPSA) is 38.7 Å². The summed E-state index contributed by atoms with van der Waals surface area (Å²) in [5.41, 5.74) is 2.54. The minimum absolute atomic E-state index is 0.521. The van der Waals surface area contributed by atoms with Gasteiger partial charge in [-0.05, 0) is 37.6 Å². The molecule has 0 bridgehead atoms. The highest BCUT2D eigenvalue weighted by Gasteiger charge is 2.38. The fourth-order valence-corrected chi connectivity index (χ4v) is 2.92. The molecule has 0 saturated carbocycles. The average molecular weight is 284 g/mol. The van der Waals surface area contributed by atoms with Crippen molar-refractivity contribution in [2.24, 2.45) is 0 Å². The highest BCUT2D eigenvalue weighted by molar-refractivity contribution is 5.45. The maximum Gasteiger partial charge on any atom is 0.134 e. The smallest absolute Gasteiger partial charge is 0.134 e. The van der Waals surface area contributed by atoms with E-state index in [0.29, 0.717) is 6.42 Å². The molecule has 0 saturated heterocycles. The van der Waals surface area contributed by atoms with E-state index in [2.05, 4.69) is 19.1 Å². The van der Waals surface area contributed by atoms with Crippen molar-refractivity contribution in [1.29, 1.82) is 0 Å². The summed E-state index contributed by atoms with van der Waals surface area (Å²) in [6, 6.07) is 13.8. The molecule has 1 aliphatic rings. The Labute approximate surface area is 125 Å². The number of aryl methyl sites for hydroxylation is 1. The molecule has 2 atom stereocenters. The van der Waals surface area contributed by atoms with Crippen LogP contribution in [0.3, 0.4) is 0 Å². The molecule has 110 valence electrons. The molecule has 0 amide bonds. The fourth-order valence-electron chi connectivity index (χ4n) is 2.92. The molecule has 0 fully saturated rings. The van der Waals surface area contributed by atoms with Gasteiger partial charge in [-0.15, -0.1) is 0 Å². The van der Waals surface area contributed by atoms with Crippen LogP contribution >= 0.6 is 0 Å². The maximum atomic E-state index is 10.5. The Morgan fingerprint density at radius 3 is 2.76 bits per heavy atom. The van der Waals surface area contributed by atoms with Gasteiger partial charge in [0, 0.05) is 12.0 Å². The van der Waals surface area contributed by atoms with E-state index in [0.717, 1.165) is 22.6 Å². The van der Waals surface area contributed by atoms with E-state index in [4.69, 9.17) is 9.47 Å². The summed E-state index contributed by atoms with van der Waals surface area (Å²) >= 11 is 0. The first-order chi connectivity index (χ1) is 10.0. The Bertz CT molecular complexity index is 665. The van der Waals surface area contributed by atoms with Crippen molar-refractivity contribution in [2.75, 3.05) is 7.11 Å². The lowest BCUT2D eigenvalue weighted by Crippen LogP contribution is -2.35. The van der Waals surface area contributed by atoms with Crippen LogP contribution in [0.25, 0.3) is 0 Å². The number of rotatable bonds is 2. The first kappa shape index (κ1) is 14.0. The zero-order chi connectivity index (χ0) is 15.0. The largest absolute Gasteiger partial charge is 0.497 e. The van der Waals surface area contributed by atoms with Gasteiger partial charge in [-0.3, -0.25) is 0 Å². The van der Waals surface area contributed by atoms with Crippen LogP contribution in [0.2, 0.25) is 0 Å². The van der Waals surface area contributed by atoms with Crippen LogP contribution in [-0.4, -0.2) is 12.2 Å². The lowest BCUT2D eigenvalue weighted by Gasteiger charge is -2.38. The first-order valence-corrected chi connectivity index (χ1v) is 7.14. The van der Waals surface area contributed by atoms with E-state index < -0.39 is 11.7 Å². The number of methoxy groups -OCH3 is 1. The van der Waals surface area contributed by atoms with Gasteiger partial charge in [-0.2, -0.15) is 0 Å². The molecule has 2 aromatic rings. The summed E-state index contributed by atoms with van der Waals surface area (Å²) < 4.78 is 11.4. The highest BCUT2D eigenvalue weighted by atomic mass is 16.5. The molecular weight excluding hydrogens is 264 g/mol. The lowest BCUT2D eigenvalue weighted by molar-refractivity contribution is -0.00505. The molecular formula is C18H20O3. The summed E-state index contributed by atoms with van der Waals surface area (Å²) in [7, 11) is 1.62. The monoisotopic (exact) mass is 284 g/mol. The molecule has 1 unspecified atom stereocenters. The first-order valence-electron chi connectivity index (χ1n) is 7.14. The van der Waals surface area contributed by atoms with Gasteiger partial charge in [0.1, 0.15) is 17.1 Å². The second kappa shape index (κ2) is 5.08. The van der Waals surface area contributed by atoms with Gasteiger partial charge in [-0.25, -0.2) is 0 Å². The van der Waals surface area contributed by atoms with Crippen LogP contribution in [0.15, 0.2) is 42.5 Å². The van der Waals surface area contributed by atoms with Crippen molar-refractivity contribution >= 4 is 0 Å². The molecule has 3 rings (SSSR count). The molecule has 0 aromatic heterocycles. The van der Waals surface area contributed by atoms with Crippen LogP contribution in [0.5, 0.6) is 11.5 Å². The molecule has 2 aromatic carbocycles. The van der Waals surface area contributed by atoms with E-state index in [1.807, 2.05) is 37.3 Å². The summed E-state index contributed by atoms with van der Waals surface area (Å²) in [6.07, 6.45) is -0.0364. The second-order valence-corrected chi connectivity index (χ2v) is 5.83. The molecule has 3 nitrogen and oxygen atoms in total. The number of ether oxygens (including phenoxy) is 2. The maximum absolute atomic E-state index is 10.5. The van der Waals surface area contributed by atoms with Crippen LogP contribution in [-0.2, 0) is 5.60 Å². The van der Waals surface area contributed by atoms with Gasteiger partial charge in [0.05, 0.1) is 13.2 Å². The number of aliphatic hydroxyl groups excluding tert-OH is 1. The number of aliphatic hydroxyl groups is 1. The van der Waals surface area contributed by atoms with Crippen molar-refractivity contribution in [1.82, 2.24) is 0 Å². The quantitative estimate of drug-likeness (QED) is 0.913. The number of benzene rings is 2. The molecule has 0 aliphatic carbocycles. The Balaban J connectivity index is 2.01. The standard InChI is InChI=1S/C18H20O3/c1-12-5-4-6-13(9-12)18(2)11-16(19)15-10-14(20-3)7-8-17(15)21-18/h4-10,16,19H,11H2,1-3H3/t16-,18?/m1/s1. The minimum Gasteiger partial charge on any atom is -0.497 e. The van der Waals surface area contributed by atoms with Crippen LogP contribution < -0.4 is 9.47 Å². The molecule has 0 spiro atoms. The third kappa shape index (κ3) is 2.49. The summed E-state index contributed by atoms with van der Waals surface area (Å²) in [4.78, 5) is 0. The van der Waals surface area contributed by atoms with Crippen molar-refractivity contribution in [3.63, 3.8) is 0 Å². The highest BCUT2D eigenvalue weighted by Crippen LogP contribution is 2.45. The van der Waals surface area contributed by atoms with Gasteiger partial charge < -0.3 is 14.6 Å². The number of hydrogen-bond acceptors (Lipinski definition) is 3. The molecule has 3 heteroatoms. The van der Waals surface area contributed by atoms with Gasteiger partial charge in [0.15, 0.2) is 0 Å². The van der Waals surface area contributed by atoms with Crippen LogP contribution in [0.1, 0.15) is 36.1 Å². The number of fused-ring (bicyclic) bond motifs is 1. The Morgan fingerprint density at radius 2 is 2.05 bits per heavy atom. The van der Waals surface area contributed by atoms with Gasteiger partial charge in [0.2, 0.25) is 0 Å². The van der Waals surface area contributed by atoms with E-state index in [1.165, 1.54) is 5.56 Å². The zero-order valence-corrected chi connectivity index (χ0v) is 12.6. The molecule has 1 aliphatic heterocycles. The molecule has 0 radical (unpaired) electrons. The summed E-state index contributed by atoms with van der Waals surface area (Å²) in [6.45, 7) is 4.09. The molecule has 1 heterocycles. The van der Waals surface area contributed by atoms with E-state index in [-0.39, 0.29) is 0 Å². The third-order valence-electron chi connectivity index (χ3n) is 4.12. The van der Waals surface area contributed by atoms with Gasteiger partial charge in [-0.1, -0.05) is 29.8 Å². The summed E-state index contributed by atoms with van der Waals surface area (Å²) in [5.74, 6) is 1.45. The van der Waals surface area contributed by atoms with Crippen molar-refractivity contribution < 1.29 is 14.6 Å².